The summed E-state index contributed by atoms with van der Waals surface area (Å²) in [5, 5.41) is 7.82. The summed E-state index contributed by atoms with van der Waals surface area (Å²) in [7, 11) is 0. The van der Waals surface area contributed by atoms with Gasteiger partial charge in [0.2, 0.25) is 5.43 Å². The van der Waals surface area contributed by atoms with Gasteiger partial charge in [0.1, 0.15) is 0 Å². The summed E-state index contributed by atoms with van der Waals surface area (Å²) < 4.78 is 1.63. The van der Waals surface area contributed by atoms with Crippen LogP contribution in [0.15, 0.2) is 47.3 Å². The number of nitrogens with zero attached hydrogens (tertiary/aromatic N) is 2. The predicted octanol–water partition coefficient (Wildman–Crippen LogP) is 3.31. The Morgan fingerprint density at radius 3 is 2.60 bits per heavy atom. The van der Waals surface area contributed by atoms with E-state index < -0.39 is 11.3 Å². The van der Waals surface area contributed by atoms with Gasteiger partial charge in [-0.25, -0.2) is 0 Å². The molecule has 0 aliphatic rings. The van der Waals surface area contributed by atoms with Crippen LogP contribution < -0.4 is 10.7 Å². The van der Waals surface area contributed by atoms with Crippen molar-refractivity contribution < 1.29 is 4.79 Å². The average Bonchev–Trinajstić information content (AvgIpc) is 2.61. The minimum absolute atomic E-state index is 0.122. The van der Waals surface area contributed by atoms with Crippen molar-refractivity contribution in [3.63, 3.8) is 0 Å². The SMILES string of the molecule is CCn1nc(C(=O)NCc2ccc(C)cc2)c(=O)c2cc(Cl)ccc21. The summed E-state index contributed by atoms with van der Waals surface area (Å²) in [5.74, 6) is -0.491. The van der Waals surface area contributed by atoms with Crippen molar-refractivity contribution in [2.75, 3.05) is 0 Å². The Morgan fingerprint density at radius 1 is 1.20 bits per heavy atom. The highest BCUT2D eigenvalue weighted by Crippen LogP contribution is 2.16. The third-order valence-electron chi connectivity index (χ3n) is 4.01. The lowest BCUT2D eigenvalue weighted by Crippen LogP contribution is -2.31. The molecule has 0 spiro atoms. The second-order valence-electron chi connectivity index (χ2n) is 5.82. The molecule has 25 heavy (non-hydrogen) atoms. The molecule has 2 aromatic carbocycles. The van der Waals surface area contributed by atoms with E-state index >= 15 is 0 Å². The van der Waals surface area contributed by atoms with Crippen LogP contribution >= 0.6 is 11.6 Å². The van der Waals surface area contributed by atoms with Crippen molar-refractivity contribution >= 4 is 28.4 Å². The van der Waals surface area contributed by atoms with E-state index in [4.69, 9.17) is 11.6 Å². The summed E-state index contributed by atoms with van der Waals surface area (Å²) in [6.45, 7) is 4.77. The highest BCUT2D eigenvalue weighted by Gasteiger charge is 2.17. The smallest absolute Gasteiger partial charge is 0.276 e. The molecule has 1 amide bonds. The number of aromatic nitrogens is 2. The first-order valence-corrected chi connectivity index (χ1v) is 8.41. The van der Waals surface area contributed by atoms with Gasteiger partial charge in [-0.2, -0.15) is 5.10 Å². The van der Waals surface area contributed by atoms with Crippen LogP contribution in [0.5, 0.6) is 0 Å². The Kier molecular flexibility index (Phi) is 4.86. The van der Waals surface area contributed by atoms with Gasteiger partial charge in [-0.15, -0.1) is 0 Å². The molecule has 3 rings (SSSR count). The summed E-state index contributed by atoms with van der Waals surface area (Å²) >= 11 is 6.00. The first-order chi connectivity index (χ1) is 12.0. The van der Waals surface area contributed by atoms with Crippen molar-refractivity contribution in [2.45, 2.75) is 26.9 Å². The number of aryl methyl sites for hydroxylation is 2. The number of carbonyl (C=O) groups is 1. The van der Waals surface area contributed by atoms with Gasteiger partial charge in [0.15, 0.2) is 5.69 Å². The van der Waals surface area contributed by atoms with Gasteiger partial charge < -0.3 is 5.32 Å². The first-order valence-electron chi connectivity index (χ1n) is 8.03. The highest BCUT2D eigenvalue weighted by molar-refractivity contribution is 6.31. The molecule has 6 heteroatoms. The third-order valence-corrected chi connectivity index (χ3v) is 4.24. The van der Waals surface area contributed by atoms with E-state index in [2.05, 4.69) is 10.4 Å². The van der Waals surface area contributed by atoms with Crippen LogP contribution in [0.25, 0.3) is 10.9 Å². The molecule has 0 atom stereocenters. The van der Waals surface area contributed by atoms with Crippen LogP contribution in [0.4, 0.5) is 0 Å². The molecule has 0 unspecified atom stereocenters. The Hall–Kier alpha value is -2.66. The Balaban J connectivity index is 1.94. The molecular formula is C19H18ClN3O2. The molecule has 0 radical (unpaired) electrons. The minimum Gasteiger partial charge on any atom is -0.346 e. The monoisotopic (exact) mass is 355 g/mol. The van der Waals surface area contributed by atoms with Gasteiger partial charge >= 0.3 is 0 Å². The molecular weight excluding hydrogens is 338 g/mol. The molecule has 128 valence electrons. The lowest BCUT2D eigenvalue weighted by Gasteiger charge is -2.11. The zero-order valence-corrected chi connectivity index (χ0v) is 14.8. The molecule has 0 bridgehead atoms. The van der Waals surface area contributed by atoms with Gasteiger partial charge in [-0.1, -0.05) is 41.4 Å². The molecule has 1 heterocycles. The number of halogens is 1. The van der Waals surface area contributed by atoms with E-state index in [1.54, 1.807) is 22.9 Å². The van der Waals surface area contributed by atoms with Crippen molar-refractivity contribution in [3.05, 3.63) is 74.5 Å². The maximum atomic E-state index is 12.7. The van der Waals surface area contributed by atoms with E-state index in [0.29, 0.717) is 29.0 Å². The summed E-state index contributed by atoms with van der Waals surface area (Å²) in [6.07, 6.45) is 0. The van der Waals surface area contributed by atoms with Crippen molar-refractivity contribution in [3.8, 4) is 0 Å². The topological polar surface area (TPSA) is 64.0 Å². The fourth-order valence-corrected chi connectivity index (χ4v) is 2.80. The fourth-order valence-electron chi connectivity index (χ4n) is 2.62. The second-order valence-corrected chi connectivity index (χ2v) is 6.26. The number of nitrogens with one attached hydrogen (secondary N) is 1. The average molecular weight is 356 g/mol. The van der Waals surface area contributed by atoms with Crippen molar-refractivity contribution in [2.24, 2.45) is 0 Å². The normalized spacial score (nSPS) is 10.8. The van der Waals surface area contributed by atoms with Gasteiger partial charge in [0.25, 0.3) is 5.91 Å². The van der Waals surface area contributed by atoms with E-state index in [-0.39, 0.29) is 5.69 Å². The van der Waals surface area contributed by atoms with E-state index in [1.807, 2.05) is 38.1 Å². The second kappa shape index (κ2) is 7.07. The van der Waals surface area contributed by atoms with Crippen LogP contribution in [0, 0.1) is 6.92 Å². The van der Waals surface area contributed by atoms with Crippen LogP contribution in [-0.4, -0.2) is 15.7 Å². The zero-order valence-electron chi connectivity index (χ0n) is 14.0. The number of fused-ring (bicyclic) bond motifs is 1. The molecule has 0 aliphatic heterocycles. The van der Waals surface area contributed by atoms with E-state index in [1.165, 1.54) is 0 Å². The molecule has 1 N–H and O–H groups in total. The van der Waals surface area contributed by atoms with Crippen LogP contribution in [0.2, 0.25) is 5.02 Å². The summed E-state index contributed by atoms with van der Waals surface area (Å²) in [6, 6.07) is 12.8. The molecule has 0 saturated carbocycles. The van der Waals surface area contributed by atoms with Crippen LogP contribution in [0.1, 0.15) is 28.5 Å². The maximum absolute atomic E-state index is 12.7. The molecule has 1 aromatic heterocycles. The van der Waals surface area contributed by atoms with Gasteiger partial charge in [-0.3, -0.25) is 14.3 Å². The van der Waals surface area contributed by atoms with Crippen molar-refractivity contribution in [1.29, 1.82) is 0 Å². The first kappa shape index (κ1) is 17.2. The maximum Gasteiger partial charge on any atom is 0.276 e. The standard InChI is InChI=1S/C19H18ClN3O2/c1-3-23-16-9-8-14(20)10-15(16)18(24)17(22-23)19(25)21-11-13-6-4-12(2)5-7-13/h4-10H,3,11H2,1-2H3,(H,21,25). The Labute approximate surface area is 150 Å². The minimum atomic E-state index is -0.491. The predicted molar refractivity (Wildman–Crippen MR) is 99.0 cm³/mol. The summed E-state index contributed by atoms with van der Waals surface area (Å²) in [4.78, 5) is 25.1. The molecule has 3 aromatic rings. The van der Waals surface area contributed by atoms with Gasteiger partial charge in [-0.05, 0) is 37.6 Å². The van der Waals surface area contributed by atoms with Crippen LogP contribution in [0.3, 0.4) is 0 Å². The molecule has 5 nitrogen and oxygen atoms in total. The number of hydrogen-bond donors (Lipinski definition) is 1. The molecule has 0 aliphatic carbocycles. The zero-order chi connectivity index (χ0) is 18.0. The fraction of sp³-hybridized carbons (Fsp3) is 0.211. The lowest BCUT2D eigenvalue weighted by atomic mass is 10.1. The van der Waals surface area contributed by atoms with Crippen LogP contribution in [-0.2, 0) is 13.1 Å². The van der Waals surface area contributed by atoms with E-state index in [9.17, 15) is 9.59 Å². The third kappa shape index (κ3) is 3.56. The van der Waals surface area contributed by atoms with Crippen molar-refractivity contribution in [1.82, 2.24) is 15.1 Å². The van der Waals surface area contributed by atoms with Gasteiger partial charge in [0, 0.05) is 18.1 Å². The van der Waals surface area contributed by atoms with E-state index in [0.717, 1.165) is 11.1 Å². The Bertz CT molecular complexity index is 994. The number of hydrogen-bond acceptors (Lipinski definition) is 3. The number of benzene rings is 2. The lowest BCUT2D eigenvalue weighted by molar-refractivity contribution is 0.0943. The molecule has 0 saturated heterocycles. The van der Waals surface area contributed by atoms with Gasteiger partial charge in [0.05, 0.1) is 10.9 Å². The number of carbonyl (C=O) groups excluding carboxylic acids is 1. The summed E-state index contributed by atoms with van der Waals surface area (Å²) in [5.41, 5.74) is 2.23. The number of rotatable bonds is 4. The number of amides is 1. The largest absolute Gasteiger partial charge is 0.346 e. The Morgan fingerprint density at radius 2 is 1.92 bits per heavy atom. The molecule has 0 fully saturated rings. The highest BCUT2D eigenvalue weighted by atomic mass is 35.5. The quantitative estimate of drug-likeness (QED) is 0.781.